The molecule has 0 amide bonds. The highest BCUT2D eigenvalue weighted by atomic mass is 79.9. The van der Waals surface area contributed by atoms with Gasteiger partial charge in [-0.15, -0.1) is 0 Å². The molecule has 0 spiro atoms. The van der Waals surface area contributed by atoms with E-state index in [1.54, 1.807) is 0 Å². The van der Waals surface area contributed by atoms with E-state index in [4.69, 9.17) is 9.47 Å². The molecule has 0 radical (unpaired) electrons. The van der Waals surface area contributed by atoms with E-state index in [0.717, 1.165) is 9.81 Å². The van der Waals surface area contributed by atoms with Gasteiger partial charge in [0.15, 0.2) is 5.79 Å². The van der Waals surface area contributed by atoms with Crippen molar-refractivity contribution < 1.29 is 9.47 Å². The van der Waals surface area contributed by atoms with Crippen LogP contribution in [0.25, 0.3) is 0 Å². The second-order valence-electron chi connectivity index (χ2n) is 5.38. The van der Waals surface area contributed by atoms with Gasteiger partial charge in [-0.1, -0.05) is 19.1 Å². The molecule has 1 rings (SSSR count). The molecular weight excluding hydrogens is 360 g/mol. The summed E-state index contributed by atoms with van der Waals surface area (Å²) in [4.78, 5) is 0. The summed E-state index contributed by atoms with van der Waals surface area (Å²) in [5.74, 6) is 0.0168. The summed E-state index contributed by atoms with van der Waals surface area (Å²) in [6.07, 6.45) is 5.58. The summed E-state index contributed by atoms with van der Waals surface area (Å²) < 4.78 is 12.7. The van der Waals surface area contributed by atoms with E-state index in [9.17, 15) is 0 Å². The molecule has 0 aromatic carbocycles. The molecule has 0 N–H and O–H groups in total. The van der Waals surface area contributed by atoms with Crippen molar-refractivity contribution in [2.24, 2.45) is 5.92 Å². The van der Waals surface area contributed by atoms with Gasteiger partial charge in [-0.25, -0.2) is 0 Å². The standard InChI is InChI=1S/C14H22Br2O2/c1-9(8-12(15)16)6-7-10(2)13-11(3)17-14(4,5)18-13/h7-9,11,13H,6H2,1-5H3/b10-7+/t9-,11-,13-/m1/s1. The topological polar surface area (TPSA) is 18.5 Å². The molecule has 1 aliphatic heterocycles. The van der Waals surface area contributed by atoms with Crippen molar-refractivity contribution >= 4 is 31.9 Å². The molecule has 1 saturated heterocycles. The van der Waals surface area contributed by atoms with Crippen molar-refractivity contribution in [3.63, 3.8) is 0 Å². The Morgan fingerprint density at radius 3 is 2.39 bits per heavy atom. The molecule has 0 unspecified atom stereocenters. The number of halogens is 2. The summed E-state index contributed by atoms with van der Waals surface area (Å²) in [5.41, 5.74) is 1.25. The zero-order valence-electron chi connectivity index (χ0n) is 11.7. The molecule has 0 aliphatic carbocycles. The first-order chi connectivity index (χ1) is 8.21. The van der Waals surface area contributed by atoms with Gasteiger partial charge in [-0.2, -0.15) is 0 Å². The van der Waals surface area contributed by atoms with Crippen LogP contribution in [0.1, 0.15) is 41.0 Å². The molecule has 2 nitrogen and oxygen atoms in total. The highest BCUT2D eigenvalue weighted by Gasteiger charge is 2.39. The first-order valence-electron chi connectivity index (χ1n) is 6.26. The van der Waals surface area contributed by atoms with E-state index in [1.807, 2.05) is 13.8 Å². The fourth-order valence-electron chi connectivity index (χ4n) is 2.17. The van der Waals surface area contributed by atoms with E-state index >= 15 is 0 Å². The quantitative estimate of drug-likeness (QED) is 0.628. The third kappa shape index (κ3) is 5.16. The molecular formula is C14H22Br2O2. The molecule has 0 saturated carbocycles. The van der Waals surface area contributed by atoms with Crippen LogP contribution >= 0.6 is 31.9 Å². The van der Waals surface area contributed by atoms with Gasteiger partial charge in [0, 0.05) is 0 Å². The third-order valence-electron chi connectivity index (χ3n) is 2.98. The minimum atomic E-state index is -0.469. The Balaban J connectivity index is 2.59. The van der Waals surface area contributed by atoms with Gasteiger partial charge in [-0.3, -0.25) is 0 Å². The number of ether oxygens (including phenoxy) is 2. The molecule has 0 bridgehead atoms. The maximum absolute atomic E-state index is 5.91. The van der Waals surface area contributed by atoms with Crippen LogP contribution in [0.15, 0.2) is 21.1 Å². The lowest BCUT2D eigenvalue weighted by molar-refractivity contribution is -0.142. The molecule has 3 atom stereocenters. The summed E-state index contributed by atoms with van der Waals surface area (Å²) in [6.45, 7) is 10.3. The van der Waals surface area contributed by atoms with Crippen LogP contribution in [0.2, 0.25) is 0 Å². The zero-order valence-corrected chi connectivity index (χ0v) is 14.8. The first-order valence-corrected chi connectivity index (χ1v) is 7.85. The van der Waals surface area contributed by atoms with Gasteiger partial charge >= 0.3 is 0 Å². The predicted octanol–water partition coefficient (Wildman–Crippen LogP) is 5.13. The summed E-state index contributed by atoms with van der Waals surface area (Å²) in [5, 5.41) is 0. The van der Waals surface area contributed by atoms with Crippen molar-refractivity contribution in [3.05, 3.63) is 21.1 Å². The van der Waals surface area contributed by atoms with Gasteiger partial charge in [0.1, 0.15) is 6.10 Å². The van der Waals surface area contributed by atoms with Crippen molar-refractivity contribution in [1.82, 2.24) is 0 Å². The average molecular weight is 382 g/mol. The maximum atomic E-state index is 5.91. The number of rotatable bonds is 4. The van der Waals surface area contributed by atoms with E-state index in [2.05, 4.69) is 64.8 Å². The highest BCUT2D eigenvalue weighted by Crippen LogP contribution is 2.32. The normalized spacial score (nSPS) is 29.2. The molecule has 104 valence electrons. The van der Waals surface area contributed by atoms with Gasteiger partial charge in [0.05, 0.1) is 9.50 Å². The Labute approximate surface area is 127 Å². The van der Waals surface area contributed by atoms with Crippen molar-refractivity contribution in [1.29, 1.82) is 0 Å². The molecule has 1 fully saturated rings. The fraction of sp³-hybridized carbons (Fsp3) is 0.714. The van der Waals surface area contributed by atoms with Crippen molar-refractivity contribution in [2.75, 3.05) is 0 Å². The van der Waals surface area contributed by atoms with Crippen LogP contribution in [0.4, 0.5) is 0 Å². The Morgan fingerprint density at radius 2 is 1.94 bits per heavy atom. The van der Waals surface area contributed by atoms with E-state index in [1.165, 1.54) is 5.57 Å². The lowest BCUT2D eigenvalue weighted by Crippen LogP contribution is -2.22. The Bertz CT molecular complexity index is 344. The molecule has 18 heavy (non-hydrogen) atoms. The lowest BCUT2D eigenvalue weighted by atomic mass is 10.0. The van der Waals surface area contributed by atoms with Crippen molar-refractivity contribution in [2.45, 2.75) is 59.0 Å². The van der Waals surface area contributed by atoms with Crippen LogP contribution in [-0.2, 0) is 9.47 Å². The number of hydrogen-bond acceptors (Lipinski definition) is 2. The SMILES string of the molecule is C/C(=C\C[C@@H](C)C=C(Br)Br)[C@H]1OC(C)(C)O[C@@H]1C. The van der Waals surface area contributed by atoms with Crippen LogP contribution in [0, 0.1) is 5.92 Å². The summed E-state index contributed by atoms with van der Waals surface area (Å²) in [6, 6.07) is 0. The lowest BCUT2D eigenvalue weighted by Gasteiger charge is -2.17. The zero-order chi connectivity index (χ0) is 13.9. The van der Waals surface area contributed by atoms with E-state index in [0.29, 0.717) is 5.92 Å². The monoisotopic (exact) mass is 380 g/mol. The van der Waals surface area contributed by atoms with Gasteiger partial charge in [-0.05, 0) is 77.5 Å². The predicted molar refractivity (Wildman–Crippen MR) is 83.0 cm³/mol. The minimum Gasteiger partial charge on any atom is -0.345 e. The number of hydrogen-bond donors (Lipinski definition) is 0. The van der Waals surface area contributed by atoms with E-state index in [-0.39, 0.29) is 12.2 Å². The second-order valence-corrected chi connectivity index (χ2v) is 8.15. The fourth-order valence-corrected chi connectivity index (χ4v) is 3.08. The van der Waals surface area contributed by atoms with Crippen LogP contribution in [0.3, 0.4) is 0 Å². The van der Waals surface area contributed by atoms with E-state index < -0.39 is 5.79 Å². The smallest absolute Gasteiger partial charge is 0.164 e. The van der Waals surface area contributed by atoms with Gasteiger partial charge in [0.2, 0.25) is 0 Å². The van der Waals surface area contributed by atoms with Crippen LogP contribution in [-0.4, -0.2) is 18.0 Å². The first kappa shape index (κ1) is 16.4. The Kier molecular flexibility index (Phi) is 6.10. The minimum absolute atomic E-state index is 0.0728. The Hall–Kier alpha value is 0.360. The molecule has 0 aromatic rings. The summed E-state index contributed by atoms with van der Waals surface area (Å²) in [7, 11) is 0. The van der Waals surface area contributed by atoms with Gasteiger partial charge < -0.3 is 9.47 Å². The molecule has 1 heterocycles. The second kappa shape index (κ2) is 6.69. The number of allylic oxidation sites excluding steroid dienone is 2. The maximum Gasteiger partial charge on any atom is 0.164 e. The largest absolute Gasteiger partial charge is 0.345 e. The third-order valence-corrected chi connectivity index (χ3v) is 3.51. The van der Waals surface area contributed by atoms with Crippen LogP contribution < -0.4 is 0 Å². The van der Waals surface area contributed by atoms with Crippen LogP contribution in [0.5, 0.6) is 0 Å². The molecule has 1 aliphatic rings. The molecule has 4 heteroatoms. The average Bonchev–Trinajstić information content (AvgIpc) is 2.47. The van der Waals surface area contributed by atoms with Crippen molar-refractivity contribution in [3.8, 4) is 0 Å². The summed E-state index contributed by atoms with van der Waals surface area (Å²) >= 11 is 6.77. The highest BCUT2D eigenvalue weighted by molar-refractivity contribution is 9.28. The molecule has 0 aromatic heterocycles. The Morgan fingerprint density at radius 1 is 1.33 bits per heavy atom. The van der Waals surface area contributed by atoms with Gasteiger partial charge in [0.25, 0.3) is 0 Å².